The number of hydrogen-bond donors (Lipinski definition) is 0. The molecule has 4 aromatic carbocycles. The molecule has 12 heteroatoms. The molecule has 1 aliphatic heterocycles. The molecule has 6 rings (SSSR count). The Hall–Kier alpha value is -4.77. The van der Waals surface area contributed by atoms with E-state index in [1.165, 1.54) is 16.8 Å². The van der Waals surface area contributed by atoms with Gasteiger partial charge in [-0.1, -0.05) is 84.9 Å². The molecule has 5 aromatic rings. The van der Waals surface area contributed by atoms with Crippen LogP contribution in [0, 0.1) is 0 Å². The van der Waals surface area contributed by atoms with Crippen LogP contribution in [0.25, 0.3) is 0 Å². The molecule has 1 saturated heterocycles. The van der Waals surface area contributed by atoms with Crippen molar-refractivity contribution in [3.8, 4) is 11.5 Å². The lowest BCUT2D eigenvalue weighted by molar-refractivity contribution is -0.130. The number of rotatable bonds is 15. The highest BCUT2D eigenvalue weighted by Crippen LogP contribution is 2.46. The fourth-order valence-corrected chi connectivity index (χ4v) is 6.81. The summed E-state index contributed by atoms with van der Waals surface area (Å²) in [5.74, 6) is 1.32. The van der Waals surface area contributed by atoms with E-state index < -0.39 is 42.4 Å². The van der Waals surface area contributed by atoms with E-state index in [9.17, 15) is 14.2 Å². The van der Waals surface area contributed by atoms with Crippen LogP contribution in [0.4, 0.5) is 0 Å². The van der Waals surface area contributed by atoms with Crippen molar-refractivity contribution in [3.63, 3.8) is 0 Å². The van der Waals surface area contributed by atoms with Gasteiger partial charge in [-0.25, -0.2) is 9.36 Å². The number of nitrogens with zero attached hydrogens (tertiary/aromatic N) is 2. The highest BCUT2D eigenvalue weighted by Gasteiger charge is 2.49. The summed E-state index contributed by atoms with van der Waals surface area (Å²) in [5, 5.41) is 0. The van der Waals surface area contributed by atoms with Crippen LogP contribution < -0.4 is 20.7 Å². The molecule has 0 radical (unpaired) electrons. The van der Waals surface area contributed by atoms with Crippen molar-refractivity contribution >= 4 is 7.14 Å². The molecule has 0 N–H and O–H groups in total. The Kier molecular flexibility index (Phi) is 11.6. The average molecular weight is 727 g/mol. The quantitative estimate of drug-likeness (QED) is 0.0936. The van der Waals surface area contributed by atoms with Gasteiger partial charge in [0, 0.05) is 12.3 Å². The Morgan fingerprint density at radius 3 is 1.88 bits per heavy atom. The maximum atomic E-state index is 14.1. The van der Waals surface area contributed by atoms with Crippen LogP contribution in [-0.2, 0) is 42.5 Å². The first-order chi connectivity index (χ1) is 25.1. The van der Waals surface area contributed by atoms with Gasteiger partial charge in [0.2, 0.25) is 0 Å². The van der Waals surface area contributed by atoms with Crippen molar-refractivity contribution < 1.29 is 33.0 Å². The van der Waals surface area contributed by atoms with Crippen molar-refractivity contribution in [1.29, 1.82) is 0 Å². The number of aromatic nitrogens is 2. The average Bonchev–Trinajstić information content (AvgIpc) is 3.56. The van der Waals surface area contributed by atoms with Gasteiger partial charge in [-0.2, -0.15) is 0 Å². The highest BCUT2D eigenvalue weighted by molar-refractivity contribution is 7.62. The Balaban J connectivity index is 1.48. The SMILES string of the molecule is COc1ccc(C(O[C@@H]2[C@@H](OCP(C)(C)=O)CO[C@H]2n2ccc(=O)n(COCc3ccccc3)c2=O)(c2ccccc2)c2ccc(OC)cc2)cc1. The van der Waals surface area contributed by atoms with Gasteiger partial charge in [-0.15, -0.1) is 0 Å². The van der Waals surface area contributed by atoms with E-state index in [1.807, 2.05) is 109 Å². The largest absolute Gasteiger partial charge is 0.497 e. The zero-order valence-corrected chi connectivity index (χ0v) is 30.5. The molecule has 11 nitrogen and oxygen atoms in total. The molecule has 0 unspecified atom stereocenters. The summed E-state index contributed by atoms with van der Waals surface area (Å²) in [4.78, 5) is 27.1. The summed E-state index contributed by atoms with van der Waals surface area (Å²) >= 11 is 0. The molecular weight excluding hydrogens is 683 g/mol. The van der Waals surface area contributed by atoms with E-state index in [1.54, 1.807) is 27.5 Å². The molecule has 1 aliphatic rings. The Morgan fingerprint density at radius 2 is 1.33 bits per heavy atom. The zero-order valence-electron chi connectivity index (χ0n) is 29.6. The summed E-state index contributed by atoms with van der Waals surface area (Å²) in [7, 11) is 0.572. The number of hydrogen-bond acceptors (Lipinski definition) is 9. The third-order valence-corrected chi connectivity index (χ3v) is 9.64. The minimum Gasteiger partial charge on any atom is -0.497 e. The fourth-order valence-electron chi connectivity index (χ4n) is 6.26. The maximum absolute atomic E-state index is 14.1. The zero-order chi connectivity index (χ0) is 36.7. The molecule has 1 aromatic heterocycles. The van der Waals surface area contributed by atoms with Gasteiger partial charge < -0.3 is 33.0 Å². The second-order valence-electron chi connectivity index (χ2n) is 13.0. The van der Waals surface area contributed by atoms with Crippen LogP contribution in [0.3, 0.4) is 0 Å². The number of methoxy groups -OCH3 is 2. The molecule has 3 atom stereocenters. The lowest BCUT2D eigenvalue weighted by atomic mass is 9.79. The standard InChI is InChI=1S/C40H43N2O9P/c1-46-33-19-15-31(16-20-33)40(30-13-9-6-10-14-30,32-17-21-34(47-2)22-18-32)51-37-35(50-28-52(3,4)45)26-49-38(37)41-24-23-36(43)42(39(41)44)27-48-25-29-11-7-5-8-12-29/h5-24,35,37-38H,25-28H2,1-4H3/t35-,37+,38+/m0/s1. The van der Waals surface area contributed by atoms with E-state index >= 15 is 0 Å². The van der Waals surface area contributed by atoms with Crippen LogP contribution in [-0.4, -0.2) is 61.8 Å². The van der Waals surface area contributed by atoms with E-state index in [0.29, 0.717) is 11.5 Å². The predicted octanol–water partition coefficient (Wildman–Crippen LogP) is 6.07. The third kappa shape index (κ3) is 8.14. The molecular formula is C40H43N2O9P. The molecule has 0 bridgehead atoms. The number of ether oxygens (including phenoxy) is 6. The van der Waals surface area contributed by atoms with Crippen LogP contribution in [0.1, 0.15) is 28.5 Å². The van der Waals surface area contributed by atoms with Gasteiger partial charge in [0.05, 0.1) is 33.8 Å². The van der Waals surface area contributed by atoms with Crippen molar-refractivity contribution in [2.45, 2.75) is 37.4 Å². The second-order valence-corrected chi connectivity index (χ2v) is 16.4. The molecule has 2 heterocycles. The highest BCUT2D eigenvalue weighted by atomic mass is 31.2. The molecule has 0 aliphatic carbocycles. The van der Waals surface area contributed by atoms with E-state index in [0.717, 1.165) is 26.8 Å². The first-order valence-electron chi connectivity index (χ1n) is 16.9. The third-order valence-electron chi connectivity index (χ3n) is 8.87. The number of benzene rings is 4. The lowest BCUT2D eigenvalue weighted by Crippen LogP contribution is -2.47. The van der Waals surface area contributed by atoms with Crippen LogP contribution >= 0.6 is 7.14 Å². The lowest BCUT2D eigenvalue weighted by Gasteiger charge is -2.40. The predicted molar refractivity (Wildman–Crippen MR) is 198 cm³/mol. The van der Waals surface area contributed by atoms with Gasteiger partial charge in [0.15, 0.2) is 6.23 Å². The van der Waals surface area contributed by atoms with Crippen molar-refractivity contribution in [2.75, 3.05) is 40.5 Å². The van der Waals surface area contributed by atoms with Crippen LogP contribution in [0.15, 0.2) is 131 Å². The minimum atomic E-state index is -2.63. The summed E-state index contributed by atoms with van der Waals surface area (Å²) in [6, 6.07) is 35.6. The van der Waals surface area contributed by atoms with Crippen LogP contribution in [0.5, 0.6) is 11.5 Å². The minimum absolute atomic E-state index is 0.0290. The van der Waals surface area contributed by atoms with Crippen LogP contribution in [0.2, 0.25) is 0 Å². The fraction of sp³-hybridized carbons (Fsp3) is 0.300. The van der Waals surface area contributed by atoms with Crippen molar-refractivity contribution in [1.82, 2.24) is 9.13 Å². The molecule has 0 spiro atoms. The van der Waals surface area contributed by atoms with Crippen molar-refractivity contribution in [2.24, 2.45) is 0 Å². The van der Waals surface area contributed by atoms with E-state index in [2.05, 4.69) is 0 Å². The maximum Gasteiger partial charge on any atom is 0.335 e. The summed E-state index contributed by atoms with van der Waals surface area (Å²) < 4.78 is 52.1. The second kappa shape index (κ2) is 16.3. The van der Waals surface area contributed by atoms with Gasteiger partial charge in [0.25, 0.3) is 5.56 Å². The summed E-state index contributed by atoms with van der Waals surface area (Å²) in [5.41, 5.74) is 0.753. The smallest absolute Gasteiger partial charge is 0.335 e. The van der Waals surface area contributed by atoms with Gasteiger partial charge in [0.1, 0.15) is 43.2 Å². The molecule has 0 amide bonds. The van der Waals surface area contributed by atoms with Gasteiger partial charge >= 0.3 is 5.69 Å². The van der Waals surface area contributed by atoms with E-state index in [4.69, 9.17) is 28.4 Å². The van der Waals surface area contributed by atoms with E-state index in [-0.39, 0.29) is 26.3 Å². The topological polar surface area (TPSA) is 116 Å². The Labute approximate surface area is 302 Å². The molecule has 272 valence electrons. The normalized spacial score (nSPS) is 17.6. The van der Waals surface area contributed by atoms with Crippen molar-refractivity contribution in [3.05, 3.63) is 165 Å². The molecule has 1 fully saturated rings. The van der Waals surface area contributed by atoms with Gasteiger partial charge in [-0.05, 0) is 59.8 Å². The molecule has 0 saturated carbocycles. The first kappa shape index (κ1) is 37.0. The summed E-state index contributed by atoms with van der Waals surface area (Å²) in [6.07, 6.45) is -1.38. The monoisotopic (exact) mass is 726 g/mol. The summed E-state index contributed by atoms with van der Waals surface area (Å²) in [6.45, 7) is 3.26. The Bertz CT molecular complexity index is 2030. The first-order valence-corrected chi connectivity index (χ1v) is 19.6. The van der Waals surface area contributed by atoms with Gasteiger partial charge in [-0.3, -0.25) is 9.36 Å². The Morgan fingerprint density at radius 1 is 0.769 bits per heavy atom. The molecule has 52 heavy (non-hydrogen) atoms.